The van der Waals surface area contributed by atoms with Crippen LogP contribution in [0.25, 0.3) is 0 Å². The lowest BCUT2D eigenvalue weighted by Gasteiger charge is -2.19. The first-order valence-electron chi connectivity index (χ1n) is 10.8. The summed E-state index contributed by atoms with van der Waals surface area (Å²) in [6, 6.07) is 4.52. The Hall–Kier alpha value is -3.18. The molecule has 14 nitrogen and oxygen atoms in total. The number of benzene rings is 1. The summed E-state index contributed by atoms with van der Waals surface area (Å²) in [5.74, 6) is -1.89. The van der Waals surface area contributed by atoms with Crippen LogP contribution in [0.3, 0.4) is 0 Å². The van der Waals surface area contributed by atoms with E-state index >= 15 is 0 Å². The highest BCUT2D eigenvalue weighted by Gasteiger charge is 2.44. The van der Waals surface area contributed by atoms with Crippen LogP contribution in [0.2, 0.25) is 0 Å². The standard InChI is InChI=1S/C20H21F3N5O9P/c21-20(22,23)11-3-1-2-10(6-11)18(38(33,34)35)28-7-12(25-26-28)8-36-9-13-15(30)16(31)17(37-13)27-5-4-14(29)24-19(27)32/h1-7,13,15-18,30-31H,8-9H2,(H,24,29,32)(H2,33,34,35)/t13-,15-,16-,17-,18?/m1/s1. The van der Waals surface area contributed by atoms with E-state index in [2.05, 4.69) is 10.3 Å². The zero-order valence-corrected chi connectivity index (χ0v) is 19.9. The molecular weight excluding hydrogens is 542 g/mol. The number of rotatable bonds is 8. The van der Waals surface area contributed by atoms with Gasteiger partial charge in [-0.05, 0) is 17.7 Å². The Morgan fingerprint density at radius 2 is 1.92 bits per heavy atom. The van der Waals surface area contributed by atoms with Gasteiger partial charge in [-0.1, -0.05) is 17.3 Å². The van der Waals surface area contributed by atoms with Crippen molar-refractivity contribution in [1.82, 2.24) is 24.5 Å². The van der Waals surface area contributed by atoms with Gasteiger partial charge in [-0.25, -0.2) is 9.48 Å². The molecule has 0 amide bonds. The topological polar surface area (TPSA) is 202 Å². The number of nitrogens with one attached hydrogen (secondary N) is 1. The molecule has 1 aliphatic heterocycles. The van der Waals surface area contributed by atoms with Crippen LogP contribution in [0.15, 0.2) is 52.3 Å². The van der Waals surface area contributed by atoms with E-state index < -0.39 is 60.9 Å². The number of aromatic nitrogens is 5. The van der Waals surface area contributed by atoms with Crippen LogP contribution in [-0.2, 0) is 26.8 Å². The maximum atomic E-state index is 13.1. The van der Waals surface area contributed by atoms with Crippen molar-refractivity contribution in [2.24, 2.45) is 0 Å². The fraction of sp³-hybridized carbons (Fsp3) is 0.400. The van der Waals surface area contributed by atoms with Gasteiger partial charge in [0.1, 0.15) is 24.0 Å². The Kier molecular flexibility index (Phi) is 7.72. The molecule has 1 saturated heterocycles. The van der Waals surface area contributed by atoms with E-state index in [-0.39, 0.29) is 24.5 Å². The van der Waals surface area contributed by atoms with Gasteiger partial charge in [0.25, 0.3) is 5.56 Å². The van der Waals surface area contributed by atoms with Gasteiger partial charge in [0, 0.05) is 12.3 Å². The third-order valence-electron chi connectivity index (χ3n) is 5.63. The van der Waals surface area contributed by atoms with Crippen molar-refractivity contribution < 1.29 is 47.2 Å². The third kappa shape index (κ3) is 5.94. The first-order chi connectivity index (χ1) is 17.8. The second kappa shape index (κ2) is 10.5. The van der Waals surface area contributed by atoms with E-state index in [0.717, 1.165) is 45.9 Å². The molecule has 0 spiro atoms. The molecule has 2 aromatic heterocycles. The number of hydrogen-bond donors (Lipinski definition) is 5. The Bertz CT molecular complexity index is 1450. The van der Waals surface area contributed by atoms with Crippen molar-refractivity contribution in [1.29, 1.82) is 0 Å². The second-order valence-corrected chi connectivity index (χ2v) is 10.0. The van der Waals surface area contributed by atoms with Crippen LogP contribution < -0.4 is 11.2 Å². The van der Waals surface area contributed by atoms with Crippen molar-refractivity contribution in [3.05, 3.63) is 80.4 Å². The highest BCUT2D eigenvalue weighted by molar-refractivity contribution is 7.52. The summed E-state index contributed by atoms with van der Waals surface area (Å²) < 4.78 is 63.9. The maximum Gasteiger partial charge on any atom is 0.416 e. The molecule has 18 heteroatoms. The van der Waals surface area contributed by atoms with E-state index in [0.29, 0.717) is 6.07 Å². The summed E-state index contributed by atoms with van der Waals surface area (Å²) in [5, 5.41) is 27.9. The molecular formula is C20H21F3N5O9P. The minimum absolute atomic E-state index is 0.0388. The number of nitrogens with zero attached hydrogens (tertiary/aromatic N) is 4. The summed E-state index contributed by atoms with van der Waals surface area (Å²) in [4.78, 5) is 44.8. The predicted octanol–water partition coefficient (Wildman–Crippen LogP) is -0.293. The molecule has 1 aromatic carbocycles. The monoisotopic (exact) mass is 563 g/mol. The van der Waals surface area contributed by atoms with Crippen molar-refractivity contribution in [2.45, 2.75) is 43.1 Å². The van der Waals surface area contributed by atoms with E-state index in [1.807, 2.05) is 4.98 Å². The van der Waals surface area contributed by atoms with Gasteiger partial charge in [-0.2, -0.15) is 13.2 Å². The van der Waals surface area contributed by atoms with Gasteiger partial charge in [-0.3, -0.25) is 18.9 Å². The first kappa shape index (κ1) is 27.8. The Morgan fingerprint density at radius 3 is 2.58 bits per heavy atom. The molecule has 206 valence electrons. The van der Waals surface area contributed by atoms with Crippen LogP contribution in [-0.4, -0.2) is 69.5 Å². The van der Waals surface area contributed by atoms with Gasteiger partial charge in [-0.15, -0.1) is 5.10 Å². The van der Waals surface area contributed by atoms with Gasteiger partial charge in [0.15, 0.2) is 12.0 Å². The number of alkyl halides is 3. The normalized spacial score (nSPS) is 23.0. The lowest BCUT2D eigenvalue weighted by atomic mass is 10.1. The lowest BCUT2D eigenvalue weighted by molar-refractivity contribution is -0.137. The second-order valence-electron chi connectivity index (χ2n) is 8.35. The van der Waals surface area contributed by atoms with Gasteiger partial charge >= 0.3 is 19.5 Å². The molecule has 1 aliphatic rings. The molecule has 0 saturated carbocycles. The quantitative estimate of drug-likeness (QED) is 0.225. The highest BCUT2D eigenvalue weighted by Crippen LogP contribution is 2.52. The molecule has 5 atom stereocenters. The molecule has 0 aliphatic carbocycles. The lowest BCUT2D eigenvalue weighted by Crippen LogP contribution is -2.37. The van der Waals surface area contributed by atoms with Gasteiger partial charge < -0.3 is 29.5 Å². The van der Waals surface area contributed by atoms with Gasteiger partial charge in [0.2, 0.25) is 0 Å². The summed E-state index contributed by atoms with van der Waals surface area (Å²) in [5.41, 5.74) is -2.94. The number of aliphatic hydroxyl groups is 2. The fourth-order valence-corrected chi connectivity index (χ4v) is 4.85. The SMILES string of the molecule is O=c1ccn([C@@H]2O[C@H](COCc3cn(C(c4cccc(C(F)(F)F)c4)P(=O)(O)O)nn3)[C@@H](O)[C@H]2O)c(=O)[nH]1. The molecule has 1 fully saturated rings. The Labute approximate surface area is 210 Å². The van der Waals surface area contributed by atoms with Crippen molar-refractivity contribution >= 4 is 7.60 Å². The zero-order valence-electron chi connectivity index (χ0n) is 19.0. The zero-order chi connectivity index (χ0) is 27.8. The average molecular weight is 563 g/mol. The number of aromatic amines is 1. The van der Waals surface area contributed by atoms with Crippen molar-refractivity contribution in [3.8, 4) is 0 Å². The molecule has 4 rings (SSSR count). The van der Waals surface area contributed by atoms with Crippen LogP contribution >= 0.6 is 7.60 Å². The number of halogens is 3. The number of aliphatic hydroxyl groups excluding tert-OH is 2. The van der Waals surface area contributed by atoms with Crippen molar-refractivity contribution in [3.63, 3.8) is 0 Å². The van der Waals surface area contributed by atoms with Crippen LogP contribution in [0.5, 0.6) is 0 Å². The molecule has 5 N–H and O–H groups in total. The minimum atomic E-state index is -5.06. The van der Waals surface area contributed by atoms with E-state index in [4.69, 9.17) is 9.47 Å². The third-order valence-corrected chi connectivity index (χ3v) is 6.81. The first-order valence-corrected chi connectivity index (χ1v) is 12.5. The van der Waals surface area contributed by atoms with Gasteiger partial charge in [0.05, 0.1) is 25.0 Å². The summed E-state index contributed by atoms with van der Waals surface area (Å²) in [6.45, 7) is -0.641. The Balaban J connectivity index is 1.44. The number of H-pyrrole nitrogens is 1. The molecule has 0 bridgehead atoms. The largest absolute Gasteiger partial charge is 0.416 e. The summed E-state index contributed by atoms with van der Waals surface area (Å²) in [6.07, 6.45) is -8.02. The highest BCUT2D eigenvalue weighted by atomic mass is 31.2. The predicted molar refractivity (Wildman–Crippen MR) is 119 cm³/mol. The van der Waals surface area contributed by atoms with Crippen LogP contribution in [0.4, 0.5) is 13.2 Å². The van der Waals surface area contributed by atoms with E-state index in [1.165, 1.54) is 0 Å². The minimum Gasteiger partial charge on any atom is -0.387 e. The van der Waals surface area contributed by atoms with Crippen LogP contribution in [0, 0.1) is 0 Å². The van der Waals surface area contributed by atoms with E-state index in [9.17, 15) is 47.3 Å². The summed E-state index contributed by atoms with van der Waals surface area (Å²) >= 11 is 0. The molecule has 3 heterocycles. The molecule has 38 heavy (non-hydrogen) atoms. The molecule has 0 radical (unpaired) electrons. The molecule has 1 unspecified atom stereocenters. The number of hydrogen-bond acceptors (Lipinski definition) is 9. The van der Waals surface area contributed by atoms with Crippen molar-refractivity contribution in [2.75, 3.05) is 6.61 Å². The molecule has 3 aromatic rings. The van der Waals surface area contributed by atoms with Crippen LogP contribution in [0.1, 0.15) is 28.8 Å². The summed E-state index contributed by atoms with van der Waals surface area (Å²) in [7, 11) is -5.06. The fourth-order valence-electron chi connectivity index (χ4n) is 3.88. The van der Waals surface area contributed by atoms with E-state index in [1.54, 1.807) is 0 Å². The number of ether oxygens (including phenoxy) is 2. The maximum absolute atomic E-state index is 13.1. The Morgan fingerprint density at radius 1 is 1.18 bits per heavy atom. The smallest absolute Gasteiger partial charge is 0.387 e. The average Bonchev–Trinajstić information content (AvgIpc) is 3.38.